The molecule has 2 N–H and O–H groups in total. The van der Waals surface area contributed by atoms with Gasteiger partial charge in [0.15, 0.2) is 0 Å². The summed E-state index contributed by atoms with van der Waals surface area (Å²) in [6, 6.07) is 18.6. The zero-order valence-electron chi connectivity index (χ0n) is 19.5. The topological polar surface area (TPSA) is 75.6 Å². The van der Waals surface area contributed by atoms with E-state index in [1.807, 2.05) is 48.5 Å². The number of benzene rings is 3. The van der Waals surface area contributed by atoms with Crippen molar-refractivity contribution in [3.05, 3.63) is 95.1 Å². The van der Waals surface area contributed by atoms with Crippen LogP contribution in [0.15, 0.2) is 66.7 Å². The maximum absolute atomic E-state index is 14.1. The van der Waals surface area contributed by atoms with Gasteiger partial charge in [0.25, 0.3) is 0 Å². The SMILES string of the molecule is O=C(NC(C(=O)O)C12CC(Cc3c(F)cccc3F)(C1)C2)OCC1c2ccccc2-c2ccccc21. The van der Waals surface area contributed by atoms with Crippen molar-refractivity contribution in [3.63, 3.8) is 0 Å². The number of rotatable bonds is 7. The number of fused-ring (bicyclic) bond motifs is 3. The molecule has 7 rings (SSSR count). The van der Waals surface area contributed by atoms with E-state index in [0.29, 0.717) is 19.3 Å². The summed E-state index contributed by atoms with van der Waals surface area (Å²) in [5.41, 5.74) is 3.47. The van der Waals surface area contributed by atoms with Crippen LogP contribution in [0.3, 0.4) is 0 Å². The number of carbonyl (C=O) groups is 2. The number of hydrogen-bond acceptors (Lipinski definition) is 3. The Morgan fingerprint density at radius 1 is 0.917 bits per heavy atom. The van der Waals surface area contributed by atoms with Crippen LogP contribution < -0.4 is 5.32 Å². The van der Waals surface area contributed by atoms with Gasteiger partial charge in [-0.05, 0) is 65.5 Å². The van der Waals surface area contributed by atoms with E-state index in [2.05, 4.69) is 5.32 Å². The first kappa shape index (κ1) is 22.7. The summed E-state index contributed by atoms with van der Waals surface area (Å²) in [6.07, 6.45) is 0.935. The quantitative estimate of drug-likeness (QED) is 0.449. The molecule has 36 heavy (non-hydrogen) atoms. The highest BCUT2D eigenvalue weighted by molar-refractivity contribution is 5.82. The van der Waals surface area contributed by atoms with Gasteiger partial charge in [-0.3, -0.25) is 0 Å². The lowest BCUT2D eigenvalue weighted by molar-refractivity contribution is -0.224. The number of carboxylic acid groups (broad SMARTS) is 1. The van der Waals surface area contributed by atoms with E-state index >= 15 is 0 Å². The van der Waals surface area contributed by atoms with Gasteiger partial charge in [-0.25, -0.2) is 18.4 Å². The minimum absolute atomic E-state index is 0.0437. The molecule has 1 atom stereocenters. The molecule has 0 aromatic heterocycles. The predicted molar refractivity (Wildman–Crippen MR) is 128 cm³/mol. The highest BCUT2D eigenvalue weighted by atomic mass is 19.1. The molecule has 3 saturated carbocycles. The lowest BCUT2D eigenvalue weighted by atomic mass is 9.32. The zero-order valence-corrected chi connectivity index (χ0v) is 19.5. The third kappa shape index (κ3) is 3.48. The number of carbonyl (C=O) groups excluding carboxylic acids is 1. The zero-order chi connectivity index (χ0) is 25.1. The maximum atomic E-state index is 14.1. The largest absolute Gasteiger partial charge is 0.480 e. The molecule has 1 amide bonds. The van der Waals surface area contributed by atoms with Gasteiger partial charge < -0.3 is 15.2 Å². The second-order valence-corrected chi connectivity index (χ2v) is 10.5. The minimum atomic E-state index is -1.13. The molecule has 184 valence electrons. The lowest BCUT2D eigenvalue weighted by Crippen LogP contribution is -2.72. The molecule has 0 radical (unpaired) electrons. The number of aliphatic carboxylic acids is 1. The first-order chi connectivity index (χ1) is 17.3. The number of carboxylic acids is 1. The molecule has 0 heterocycles. The number of amides is 1. The van der Waals surface area contributed by atoms with Crippen molar-refractivity contribution >= 4 is 12.1 Å². The van der Waals surface area contributed by atoms with Gasteiger partial charge in [0.1, 0.15) is 24.3 Å². The summed E-state index contributed by atoms with van der Waals surface area (Å²) in [5, 5.41) is 12.4. The first-order valence-corrected chi connectivity index (χ1v) is 12.1. The molecule has 0 spiro atoms. The third-order valence-corrected chi connectivity index (χ3v) is 8.26. The van der Waals surface area contributed by atoms with E-state index in [1.165, 1.54) is 18.2 Å². The van der Waals surface area contributed by atoms with Crippen molar-refractivity contribution < 1.29 is 28.2 Å². The van der Waals surface area contributed by atoms with Crippen LogP contribution >= 0.6 is 0 Å². The number of ether oxygens (including phenoxy) is 1. The van der Waals surface area contributed by atoms with E-state index in [1.54, 1.807) is 0 Å². The van der Waals surface area contributed by atoms with E-state index in [0.717, 1.165) is 22.3 Å². The van der Waals surface area contributed by atoms with Gasteiger partial charge >= 0.3 is 12.1 Å². The maximum Gasteiger partial charge on any atom is 0.407 e. The van der Waals surface area contributed by atoms with Gasteiger partial charge in [0, 0.05) is 16.9 Å². The summed E-state index contributed by atoms with van der Waals surface area (Å²) in [7, 11) is 0. The van der Waals surface area contributed by atoms with Crippen molar-refractivity contribution in [2.45, 2.75) is 37.6 Å². The highest BCUT2D eigenvalue weighted by Gasteiger charge is 2.72. The molecular weight excluding hydrogens is 464 g/mol. The van der Waals surface area contributed by atoms with Crippen LogP contribution in [0, 0.1) is 22.5 Å². The predicted octanol–water partition coefficient (Wildman–Crippen LogP) is 5.67. The van der Waals surface area contributed by atoms with Gasteiger partial charge in [0.05, 0.1) is 0 Å². The first-order valence-electron chi connectivity index (χ1n) is 12.1. The molecule has 1 unspecified atom stereocenters. The lowest BCUT2D eigenvalue weighted by Gasteiger charge is -2.72. The van der Waals surface area contributed by atoms with Crippen LogP contribution in [0.1, 0.15) is 41.9 Å². The Morgan fingerprint density at radius 3 is 2.03 bits per heavy atom. The van der Waals surface area contributed by atoms with Crippen LogP contribution in [0.2, 0.25) is 0 Å². The normalized spacial score (nSPS) is 24.1. The van der Waals surface area contributed by atoms with E-state index in [-0.39, 0.29) is 29.9 Å². The Balaban J connectivity index is 1.10. The summed E-state index contributed by atoms with van der Waals surface area (Å²) >= 11 is 0. The fourth-order valence-electron chi connectivity index (χ4n) is 6.89. The van der Waals surface area contributed by atoms with E-state index < -0.39 is 35.2 Å². The van der Waals surface area contributed by atoms with Crippen molar-refractivity contribution in [2.24, 2.45) is 10.8 Å². The smallest absolute Gasteiger partial charge is 0.407 e. The Kier molecular flexibility index (Phi) is 5.14. The van der Waals surface area contributed by atoms with E-state index in [4.69, 9.17) is 4.74 Å². The van der Waals surface area contributed by atoms with E-state index in [9.17, 15) is 23.5 Å². The highest BCUT2D eigenvalue weighted by Crippen LogP contribution is 2.75. The number of alkyl carbamates (subject to hydrolysis) is 1. The molecular formula is C29H25F2NO4. The molecule has 2 bridgehead atoms. The minimum Gasteiger partial charge on any atom is -0.480 e. The molecule has 7 heteroatoms. The second kappa shape index (κ2) is 8.15. The average molecular weight is 490 g/mol. The molecule has 4 aliphatic carbocycles. The van der Waals surface area contributed by atoms with Gasteiger partial charge in [-0.2, -0.15) is 0 Å². The molecule has 3 aromatic carbocycles. The number of halogens is 2. The molecule has 3 fully saturated rings. The molecule has 0 aliphatic heterocycles. The fraction of sp³-hybridized carbons (Fsp3) is 0.310. The van der Waals surface area contributed by atoms with Crippen molar-refractivity contribution in [1.29, 1.82) is 0 Å². The molecule has 5 nitrogen and oxygen atoms in total. The fourth-order valence-corrected chi connectivity index (χ4v) is 6.89. The number of nitrogens with one attached hydrogen (secondary N) is 1. The summed E-state index contributed by atoms with van der Waals surface area (Å²) in [5.74, 6) is -2.42. The average Bonchev–Trinajstić information content (AvgIpc) is 3.13. The van der Waals surface area contributed by atoms with Crippen molar-refractivity contribution in [3.8, 4) is 11.1 Å². The van der Waals surface area contributed by atoms with Crippen molar-refractivity contribution in [2.75, 3.05) is 6.61 Å². The molecule has 0 saturated heterocycles. The monoisotopic (exact) mass is 489 g/mol. The van der Waals surface area contributed by atoms with Crippen LogP contribution in [-0.2, 0) is 16.0 Å². The van der Waals surface area contributed by atoms with Gasteiger partial charge in [-0.1, -0.05) is 54.6 Å². The molecule has 4 aliphatic rings. The Bertz CT molecular complexity index is 1300. The Hall–Kier alpha value is -3.74. The van der Waals surface area contributed by atoms with Gasteiger partial charge in [-0.15, -0.1) is 0 Å². The summed E-state index contributed by atoms with van der Waals surface area (Å²) < 4.78 is 33.7. The molecule has 3 aromatic rings. The number of hydrogen-bond donors (Lipinski definition) is 2. The summed E-state index contributed by atoms with van der Waals surface area (Å²) in [4.78, 5) is 24.8. The third-order valence-electron chi connectivity index (χ3n) is 8.26. The second-order valence-electron chi connectivity index (χ2n) is 10.5. The standard InChI is InChI=1S/C29H25F2NO4/c30-23-10-5-11-24(31)21(23)12-28-14-29(15-28,16-28)25(26(33)34)32-27(35)36-13-22-19-8-3-1-6-17(19)18-7-2-4-9-20(18)22/h1-11,22,25H,12-16H2,(H,32,35)(H,33,34). The van der Waals surface area contributed by atoms with Crippen LogP contribution in [0.5, 0.6) is 0 Å². The Labute approximate surface area is 207 Å². The van der Waals surface area contributed by atoms with Crippen LogP contribution in [0.4, 0.5) is 13.6 Å². The van der Waals surface area contributed by atoms with Crippen molar-refractivity contribution in [1.82, 2.24) is 5.32 Å². The van der Waals surface area contributed by atoms with Crippen LogP contribution in [0.25, 0.3) is 11.1 Å². The Morgan fingerprint density at radius 2 is 1.47 bits per heavy atom. The van der Waals surface area contributed by atoms with Gasteiger partial charge in [0.2, 0.25) is 0 Å². The summed E-state index contributed by atoms with van der Waals surface area (Å²) in [6.45, 7) is 0.0930. The van der Waals surface area contributed by atoms with Crippen LogP contribution in [-0.4, -0.2) is 29.8 Å².